The molecule has 3 nitrogen and oxygen atoms in total. The predicted molar refractivity (Wildman–Crippen MR) is 61.0 cm³/mol. The fourth-order valence-electron chi connectivity index (χ4n) is 0.994. The molecule has 1 aromatic rings. The summed E-state index contributed by atoms with van der Waals surface area (Å²) in [4.78, 5) is 11.4. The molecule has 1 aromatic carbocycles. The molecule has 1 atom stereocenters. The molecule has 1 rings (SSSR count). The van der Waals surface area contributed by atoms with Gasteiger partial charge in [0, 0.05) is 5.69 Å². The number of carbonyl (C=O) groups is 1. The van der Waals surface area contributed by atoms with E-state index in [1.807, 2.05) is 6.92 Å². The van der Waals surface area contributed by atoms with Gasteiger partial charge in [-0.2, -0.15) is 0 Å². The number of amides is 1. The summed E-state index contributed by atoms with van der Waals surface area (Å²) in [5.41, 5.74) is 5.92. The zero-order valence-corrected chi connectivity index (χ0v) is 9.84. The predicted octanol–water partition coefficient (Wildman–Crippen LogP) is 2.26. The van der Waals surface area contributed by atoms with E-state index in [0.29, 0.717) is 16.6 Å². The molecule has 0 aliphatic heterocycles. The molecule has 0 aromatic heterocycles. The molecule has 0 radical (unpaired) electrons. The van der Waals surface area contributed by atoms with E-state index in [2.05, 4.69) is 21.2 Å². The van der Waals surface area contributed by atoms with Crippen LogP contribution in [0.3, 0.4) is 0 Å². The van der Waals surface area contributed by atoms with Gasteiger partial charge in [0.25, 0.3) is 0 Å². The van der Waals surface area contributed by atoms with E-state index in [4.69, 9.17) is 5.73 Å². The van der Waals surface area contributed by atoms with Gasteiger partial charge in [-0.15, -0.1) is 0 Å². The van der Waals surface area contributed by atoms with E-state index >= 15 is 0 Å². The van der Waals surface area contributed by atoms with E-state index in [9.17, 15) is 9.18 Å². The van der Waals surface area contributed by atoms with Crippen LogP contribution >= 0.6 is 15.9 Å². The van der Waals surface area contributed by atoms with Gasteiger partial charge in [-0.05, 0) is 40.5 Å². The standard InChI is InChI=1S/C10H12BrFN2O/c1-2-9(13)10(15)14-6-3-4-7(11)8(12)5-6/h3-5,9H,2,13H2,1H3,(H,14,15)/t9-/m0/s1. The Balaban J connectivity index is 2.73. The summed E-state index contributed by atoms with van der Waals surface area (Å²) in [5.74, 6) is -0.725. The van der Waals surface area contributed by atoms with Gasteiger partial charge in [-0.25, -0.2) is 4.39 Å². The number of benzene rings is 1. The van der Waals surface area contributed by atoms with Crippen LogP contribution in [0.15, 0.2) is 22.7 Å². The van der Waals surface area contributed by atoms with E-state index < -0.39 is 11.9 Å². The molecule has 0 fully saturated rings. The summed E-state index contributed by atoms with van der Waals surface area (Å²) in [6.07, 6.45) is 0.546. The minimum absolute atomic E-state index is 0.306. The van der Waals surface area contributed by atoms with Crippen LogP contribution in [0.5, 0.6) is 0 Å². The highest BCUT2D eigenvalue weighted by atomic mass is 79.9. The molecule has 3 N–H and O–H groups in total. The van der Waals surface area contributed by atoms with Crippen LogP contribution in [-0.4, -0.2) is 11.9 Å². The first-order chi connectivity index (χ1) is 7.04. The minimum atomic E-state index is -0.559. The lowest BCUT2D eigenvalue weighted by molar-refractivity contribution is -0.117. The van der Waals surface area contributed by atoms with E-state index in [0.717, 1.165) is 0 Å². The first kappa shape index (κ1) is 12.1. The summed E-state index contributed by atoms with van der Waals surface area (Å²) in [6, 6.07) is 3.82. The molecule has 0 heterocycles. The van der Waals surface area contributed by atoms with Gasteiger partial charge in [0.2, 0.25) is 5.91 Å². The van der Waals surface area contributed by atoms with Crippen LogP contribution in [0.2, 0.25) is 0 Å². The Hall–Kier alpha value is -0.940. The maximum atomic E-state index is 13.1. The lowest BCUT2D eigenvalue weighted by Gasteiger charge is -2.10. The van der Waals surface area contributed by atoms with Crippen LogP contribution in [-0.2, 0) is 4.79 Å². The zero-order valence-electron chi connectivity index (χ0n) is 8.26. The SMILES string of the molecule is CC[C@H](N)C(=O)Nc1ccc(Br)c(F)c1. The van der Waals surface area contributed by atoms with Crippen LogP contribution in [0.1, 0.15) is 13.3 Å². The third kappa shape index (κ3) is 3.28. The van der Waals surface area contributed by atoms with Crippen molar-refractivity contribution in [1.82, 2.24) is 0 Å². The maximum absolute atomic E-state index is 13.1. The third-order valence-electron chi connectivity index (χ3n) is 1.96. The van der Waals surface area contributed by atoms with Crippen LogP contribution in [0, 0.1) is 5.82 Å². The zero-order chi connectivity index (χ0) is 11.4. The number of nitrogens with one attached hydrogen (secondary N) is 1. The highest BCUT2D eigenvalue weighted by Crippen LogP contribution is 2.19. The molecule has 82 valence electrons. The van der Waals surface area contributed by atoms with Gasteiger partial charge in [0.05, 0.1) is 10.5 Å². The van der Waals surface area contributed by atoms with Crippen molar-refractivity contribution in [2.24, 2.45) is 5.73 Å². The minimum Gasteiger partial charge on any atom is -0.325 e. The van der Waals surface area contributed by atoms with E-state index in [1.54, 1.807) is 6.07 Å². The summed E-state index contributed by atoms with van der Waals surface area (Å²) < 4.78 is 13.4. The number of hydrogen-bond donors (Lipinski definition) is 2. The number of hydrogen-bond acceptors (Lipinski definition) is 2. The maximum Gasteiger partial charge on any atom is 0.241 e. The van der Waals surface area contributed by atoms with Gasteiger partial charge in [-0.1, -0.05) is 6.92 Å². The van der Waals surface area contributed by atoms with Crippen LogP contribution in [0.4, 0.5) is 10.1 Å². The molecule has 5 heteroatoms. The molecule has 0 spiro atoms. The number of halogens is 2. The molecule has 1 amide bonds. The fourth-order valence-corrected chi connectivity index (χ4v) is 1.24. The lowest BCUT2D eigenvalue weighted by atomic mass is 10.2. The molecule has 0 unspecified atom stereocenters. The van der Waals surface area contributed by atoms with Gasteiger partial charge >= 0.3 is 0 Å². The van der Waals surface area contributed by atoms with Gasteiger partial charge in [-0.3, -0.25) is 4.79 Å². The second-order valence-electron chi connectivity index (χ2n) is 3.13. The summed E-state index contributed by atoms with van der Waals surface area (Å²) >= 11 is 3.03. The van der Waals surface area contributed by atoms with Crippen LogP contribution in [0.25, 0.3) is 0 Å². The summed E-state index contributed by atoms with van der Waals surface area (Å²) in [6.45, 7) is 1.81. The number of anilines is 1. The summed E-state index contributed by atoms with van der Waals surface area (Å²) in [7, 11) is 0. The number of carbonyl (C=O) groups excluding carboxylic acids is 1. The number of nitrogens with two attached hydrogens (primary N) is 1. The van der Waals surface area contributed by atoms with Crippen molar-refractivity contribution in [3.63, 3.8) is 0 Å². The van der Waals surface area contributed by atoms with Crippen molar-refractivity contribution in [3.8, 4) is 0 Å². The van der Waals surface area contributed by atoms with Gasteiger partial charge < -0.3 is 11.1 Å². The Kier molecular flexibility index (Phi) is 4.23. The Morgan fingerprint density at radius 2 is 2.33 bits per heavy atom. The molecule has 0 aliphatic carbocycles. The molecule has 0 bridgehead atoms. The van der Waals surface area contributed by atoms with Gasteiger partial charge in [0.15, 0.2) is 0 Å². The average molecular weight is 275 g/mol. The Morgan fingerprint density at radius 3 is 2.87 bits per heavy atom. The average Bonchev–Trinajstić information content (AvgIpc) is 2.22. The van der Waals surface area contributed by atoms with Crippen LogP contribution < -0.4 is 11.1 Å². The Labute approximate surface area is 96.0 Å². The Morgan fingerprint density at radius 1 is 1.67 bits per heavy atom. The second-order valence-corrected chi connectivity index (χ2v) is 3.99. The first-order valence-electron chi connectivity index (χ1n) is 4.56. The smallest absolute Gasteiger partial charge is 0.241 e. The van der Waals surface area contributed by atoms with Crippen molar-refractivity contribution >= 4 is 27.5 Å². The topological polar surface area (TPSA) is 55.1 Å². The van der Waals surface area contributed by atoms with Crippen molar-refractivity contribution in [3.05, 3.63) is 28.5 Å². The fraction of sp³-hybridized carbons (Fsp3) is 0.300. The quantitative estimate of drug-likeness (QED) is 0.889. The molecule has 0 saturated carbocycles. The Bertz CT molecular complexity index is 370. The van der Waals surface area contributed by atoms with E-state index in [-0.39, 0.29) is 5.91 Å². The lowest BCUT2D eigenvalue weighted by Crippen LogP contribution is -2.34. The molecule has 15 heavy (non-hydrogen) atoms. The molecular weight excluding hydrogens is 263 g/mol. The summed E-state index contributed by atoms with van der Waals surface area (Å²) in [5, 5.41) is 2.54. The molecule has 0 aliphatic rings. The third-order valence-corrected chi connectivity index (χ3v) is 2.61. The first-order valence-corrected chi connectivity index (χ1v) is 5.35. The highest BCUT2D eigenvalue weighted by Gasteiger charge is 2.11. The number of rotatable bonds is 3. The van der Waals surface area contributed by atoms with Crippen molar-refractivity contribution in [2.75, 3.05) is 5.32 Å². The molecular formula is C10H12BrFN2O. The molecule has 0 saturated heterocycles. The second kappa shape index (κ2) is 5.23. The van der Waals surface area contributed by atoms with Crippen molar-refractivity contribution < 1.29 is 9.18 Å². The van der Waals surface area contributed by atoms with E-state index in [1.165, 1.54) is 12.1 Å². The normalized spacial score (nSPS) is 12.3. The monoisotopic (exact) mass is 274 g/mol. The van der Waals surface area contributed by atoms with Crippen molar-refractivity contribution in [2.45, 2.75) is 19.4 Å². The van der Waals surface area contributed by atoms with Crippen molar-refractivity contribution in [1.29, 1.82) is 0 Å². The highest BCUT2D eigenvalue weighted by molar-refractivity contribution is 9.10. The largest absolute Gasteiger partial charge is 0.325 e. The van der Waals surface area contributed by atoms with Gasteiger partial charge in [0.1, 0.15) is 5.82 Å².